The summed E-state index contributed by atoms with van der Waals surface area (Å²) in [5.41, 5.74) is 1.23. The van der Waals surface area contributed by atoms with Gasteiger partial charge in [0, 0.05) is 24.9 Å². The van der Waals surface area contributed by atoms with Gasteiger partial charge in [0.2, 0.25) is 0 Å². The number of nitrogens with one attached hydrogen (secondary N) is 1. The number of nitrogens with zero attached hydrogens (tertiary/aromatic N) is 2. The minimum atomic E-state index is -0.749. The van der Waals surface area contributed by atoms with Crippen molar-refractivity contribution in [1.29, 1.82) is 0 Å². The van der Waals surface area contributed by atoms with E-state index in [1.807, 2.05) is 0 Å². The molecule has 140 valence electrons. The van der Waals surface area contributed by atoms with E-state index in [4.69, 9.17) is 9.47 Å². The Labute approximate surface area is 150 Å². The fraction of sp³-hybridized carbons (Fsp3) is 0.412. The van der Waals surface area contributed by atoms with Gasteiger partial charge in [-0.1, -0.05) is 0 Å². The van der Waals surface area contributed by atoms with Crippen LogP contribution < -0.4 is 5.32 Å². The number of hydrogen-bond acceptors (Lipinski definition) is 6. The van der Waals surface area contributed by atoms with Gasteiger partial charge in [-0.3, -0.25) is 15.0 Å². The van der Waals surface area contributed by atoms with Crippen LogP contribution in [0.1, 0.15) is 25.5 Å². The Kier molecular flexibility index (Phi) is 6.29. The number of urea groups is 1. The number of benzene rings is 1. The summed E-state index contributed by atoms with van der Waals surface area (Å²) in [6, 6.07) is 4.56. The second kappa shape index (κ2) is 8.43. The first-order valence-electron chi connectivity index (χ1n) is 8.09. The van der Waals surface area contributed by atoms with Crippen LogP contribution in [0.4, 0.5) is 10.5 Å². The normalized spacial score (nSPS) is 17.1. The third-order valence-electron chi connectivity index (χ3n) is 4.05. The number of nitro benzene ring substituents is 1. The topological polar surface area (TPSA) is 111 Å². The number of allylic oxidation sites excluding steroid dienone is 1. The van der Waals surface area contributed by atoms with Gasteiger partial charge >= 0.3 is 12.0 Å². The summed E-state index contributed by atoms with van der Waals surface area (Å²) in [6.07, 6.45) is 0. The van der Waals surface area contributed by atoms with E-state index in [1.54, 1.807) is 13.8 Å². The molecule has 2 amide bonds. The van der Waals surface area contributed by atoms with Gasteiger partial charge in [0.05, 0.1) is 36.3 Å². The zero-order valence-corrected chi connectivity index (χ0v) is 14.9. The van der Waals surface area contributed by atoms with Crippen molar-refractivity contribution in [2.45, 2.75) is 19.9 Å². The smallest absolute Gasteiger partial charge is 0.338 e. The predicted octanol–water partition coefficient (Wildman–Crippen LogP) is 2.14. The largest absolute Gasteiger partial charge is 0.463 e. The lowest BCUT2D eigenvalue weighted by molar-refractivity contribution is -0.384. The van der Waals surface area contributed by atoms with Crippen molar-refractivity contribution < 1.29 is 24.0 Å². The van der Waals surface area contributed by atoms with E-state index in [2.05, 4.69) is 5.32 Å². The predicted molar refractivity (Wildman–Crippen MR) is 92.3 cm³/mol. The molecule has 0 aliphatic carbocycles. The first-order valence-corrected chi connectivity index (χ1v) is 8.09. The second-order valence-electron chi connectivity index (χ2n) is 5.60. The molecule has 0 radical (unpaired) electrons. The Bertz CT molecular complexity index is 729. The summed E-state index contributed by atoms with van der Waals surface area (Å²) >= 11 is 0. The van der Waals surface area contributed by atoms with Gasteiger partial charge < -0.3 is 14.8 Å². The molecule has 0 aromatic heterocycles. The standard InChI is InChI=1S/C17H21N3O6/c1-4-26-16(21)14-11(2)19(9-10-25-3)17(22)18-15(14)12-5-7-13(8-6-12)20(23)24/h5-8,15H,4,9-10H2,1-3H3,(H,18,22)/t15-/m1/s1. The van der Waals surface area contributed by atoms with Crippen LogP contribution in [0.5, 0.6) is 0 Å². The van der Waals surface area contributed by atoms with Crippen molar-refractivity contribution >= 4 is 17.7 Å². The highest BCUT2D eigenvalue weighted by atomic mass is 16.6. The Hall–Kier alpha value is -2.94. The van der Waals surface area contributed by atoms with Crippen LogP contribution in [-0.2, 0) is 14.3 Å². The van der Waals surface area contributed by atoms with Crippen molar-refractivity contribution in [1.82, 2.24) is 10.2 Å². The number of carbonyl (C=O) groups is 2. The highest BCUT2D eigenvalue weighted by Gasteiger charge is 2.36. The molecule has 9 nitrogen and oxygen atoms in total. The van der Waals surface area contributed by atoms with E-state index in [-0.39, 0.29) is 30.4 Å². The lowest BCUT2D eigenvalue weighted by Crippen LogP contribution is -2.49. The van der Waals surface area contributed by atoms with Crippen molar-refractivity contribution in [2.75, 3.05) is 26.9 Å². The molecular weight excluding hydrogens is 342 g/mol. The number of methoxy groups -OCH3 is 1. The van der Waals surface area contributed by atoms with Crippen LogP contribution in [0, 0.1) is 10.1 Å². The summed E-state index contributed by atoms with van der Waals surface area (Å²) in [5, 5.41) is 13.6. The lowest BCUT2D eigenvalue weighted by atomic mass is 9.94. The number of amides is 2. The van der Waals surface area contributed by atoms with E-state index in [9.17, 15) is 19.7 Å². The van der Waals surface area contributed by atoms with Crippen LogP contribution in [0.3, 0.4) is 0 Å². The molecule has 1 aliphatic rings. The molecule has 0 saturated carbocycles. The Balaban J connectivity index is 2.45. The fourth-order valence-corrected chi connectivity index (χ4v) is 2.74. The molecule has 0 spiro atoms. The average Bonchev–Trinajstić information content (AvgIpc) is 2.61. The number of ether oxygens (including phenoxy) is 2. The summed E-state index contributed by atoms with van der Waals surface area (Å²) in [7, 11) is 1.52. The molecule has 2 rings (SSSR count). The van der Waals surface area contributed by atoms with Gasteiger partial charge in [0.15, 0.2) is 0 Å². The van der Waals surface area contributed by atoms with E-state index in [1.165, 1.54) is 36.3 Å². The summed E-state index contributed by atoms with van der Waals surface area (Å²) in [6.45, 7) is 4.14. The van der Waals surface area contributed by atoms with Crippen molar-refractivity contribution in [3.63, 3.8) is 0 Å². The van der Waals surface area contributed by atoms with Gasteiger partial charge in [0.25, 0.3) is 5.69 Å². The number of non-ortho nitro benzene ring substituents is 1. The van der Waals surface area contributed by atoms with Crippen LogP contribution >= 0.6 is 0 Å². The van der Waals surface area contributed by atoms with Crippen LogP contribution in [-0.4, -0.2) is 48.7 Å². The molecule has 0 unspecified atom stereocenters. The van der Waals surface area contributed by atoms with Gasteiger partial charge in [-0.15, -0.1) is 0 Å². The first-order chi connectivity index (χ1) is 12.4. The zero-order valence-electron chi connectivity index (χ0n) is 14.9. The maximum atomic E-state index is 12.5. The van der Waals surface area contributed by atoms with E-state index in [0.717, 1.165) is 0 Å². The van der Waals surface area contributed by atoms with Crippen LogP contribution in [0.25, 0.3) is 0 Å². The van der Waals surface area contributed by atoms with Gasteiger partial charge in [-0.2, -0.15) is 0 Å². The first kappa shape index (κ1) is 19.4. The molecule has 1 atom stereocenters. The maximum absolute atomic E-state index is 12.5. The summed E-state index contributed by atoms with van der Waals surface area (Å²) in [5.74, 6) is -0.546. The molecule has 1 heterocycles. The number of carbonyl (C=O) groups excluding carboxylic acids is 2. The van der Waals surface area contributed by atoms with Gasteiger partial charge in [-0.05, 0) is 31.5 Å². The van der Waals surface area contributed by atoms with E-state index in [0.29, 0.717) is 17.9 Å². The molecule has 0 fully saturated rings. The molecule has 1 aliphatic heterocycles. The fourth-order valence-electron chi connectivity index (χ4n) is 2.74. The van der Waals surface area contributed by atoms with Crippen molar-refractivity contribution in [3.8, 4) is 0 Å². The maximum Gasteiger partial charge on any atom is 0.338 e. The number of esters is 1. The zero-order chi connectivity index (χ0) is 19.3. The number of nitro groups is 1. The van der Waals surface area contributed by atoms with E-state index >= 15 is 0 Å². The molecule has 1 aromatic rings. The molecule has 1 N–H and O–H groups in total. The Morgan fingerprint density at radius 1 is 1.35 bits per heavy atom. The SMILES string of the molecule is CCOC(=O)C1=C(C)N(CCOC)C(=O)N[C@@H]1c1ccc([N+](=O)[O-])cc1. The minimum absolute atomic E-state index is 0.0732. The quantitative estimate of drug-likeness (QED) is 0.451. The Morgan fingerprint density at radius 2 is 2.00 bits per heavy atom. The van der Waals surface area contributed by atoms with E-state index < -0.39 is 16.9 Å². The number of rotatable bonds is 7. The molecule has 0 saturated heterocycles. The summed E-state index contributed by atoms with van der Waals surface area (Å²) < 4.78 is 10.1. The highest BCUT2D eigenvalue weighted by molar-refractivity contribution is 5.95. The third kappa shape index (κ3) is 3.99. The summed E-state index contributed by atoms with van der Waals surface area (Å²) in [4.78, 5) is 36.7. The van der Waals surface area contributed by atoms with Crippen LogP contribution in [0.2, 0.25) is 0 Å². The molecule has 9 heteroatoms. The Morgan fingerprint density at radius 3 is 2.54 bits per heavy atom. The highest BCUT2D eigenvalue weighted by Crippen LogP contribution is 2.32. The van der Waals surface area contributed by atoms with Crippen LogP contribution in [0.15, 0.2) is 35.5 Å². The van der Waals surface area contributed by atoms with Crippen molar-refractivity contribution in [3.05, 3.63) is 51.2 Å². The molecule has 1 aromatic carbocycles. The van der Waals surface area contributed by atoms with Gasteiger partial charge in [-0.25, -0.2) is 9.59 Å². The molecule has 26 heavy (non-hydrogen) atoms. The van der Waals surface area contributed by atoms with Gasteiger partial charge in [0.1, 0.15) is 0 Å². The number of hydrogen-bond donors (Lipinski definition) is 1. The van der Waals surface area contributed by atoms with Crippen molar-refractivity contribution in [2.24, 2.45) is 0 Å². The third-order valence-corrected chi connectivity index (χ3v) is 4.05. The second-order valence-corrected chi connectivity index (χ2v) is 5.60. The molecule has 0 bridgehead atoms. The molecular formula is C17H21N3O6. The average molecular weight is 363 g/mol. The monoisotopic (exact) mass is 363 g/mol. The minimum Gasteiger partial charge on any atom is -0.463 e. The lowest BCUT2D eigenvalue weighted by Gasteiger charge is -2.35.